The first-order valence-electron chi connectivity index (χ1n) is 4.73. The van der Waals surface area contributed by atoms with Gasteiger partial charge < -0.3 is 10.7 Å². The molecular formula is C11H8BrN3S. The van der Waals surface area contributed by atoms with Crippen molar-refractivity contribution >= 4 is 43.3 Å². The molecule has 80 valence electrons. The van der Waals surface area contributed by atoms with Crippen LogP contribution in [0.2, 0.25) is 0 Å². The largest absolute Gasteiger partial charge is 0.391 e. The Labute approximate surface area is 104 Å². The number of nitrogens with two attached hydrogens (primary N) is 1. The molecule has 0 fully saturated rings. The second kappa shape index (κ2) is 3.61. The quantitative estimate of drug-likeness (QED) is 0.720. The smallest absolute Gasteiger partial charge is 0.148 e. The van der Waals surface area contributed by atoms with Gasteiger partial charge in [-0.2, -0.15) is 0 Å². The molecule has 2 heterocycles. The molecule has 2 aromatic heterocycles. The van der Waals surface area contributed by atoms with Crippen molar-refractivity contribution in [1.82, 2.24) is 9.97 Å². The minimum Gasteiger partial charge on any atom is -0.391 e. The van der Waals surface area contributed by atoms with Crippen LogP contribution in [0.15, 0.2) is 34.8 Å². The lowest BCUT2D eigenvalue weighted by atomic mass is 10.3. The van der Waals surface area contributed by atoms with E-state index >= 15 is 0 Å². The Morgan fingerprint density at radius 3 is 2.88 bits per heavy atom. The van der Waals surface area contributed by atoms with Gasteiger partial charge in [0, 0.05) is 4.47 Å². The molecule has 3 aromatic rings. The highest BCUT2D eigenvalue weighted by Gasteiger charge is 2.07. The van der Waals surface area contributed by atoms with Crippen LogP contribution in [-0.4, -0.2) is 9.97 Å². The Morgan fingerprint density at radius 1 is 1.25 bits per heavy atom. The predicted octanol–water partition coefficient (Wildman–Crippen LogP) is 3.64. The van der Waals surface area contributed by atoms with Gasteiger partial charge in [0.15, 0.2) is 0 Å². The Hall–Kier alpha value is -1.33. The predicted molar refractivity (Wildman–Crippen MR) is 71.5 cm³/mol. The van der Waals surface area contributed by atoms with E-state index in [9.17, 15) is 0 Å². The number of rotatable bonds is 1. The van der Waals surface area contributed by atoms with Gasteiger partial charge in [-0.1, -0.05) is 15.9 Å². The molecule has 0 unspecified atom stereocenters. The third-order valence-electron chi connectivity index (χ3n) is 2.30. The van der Waals surface area contributed by atoms with E-state index in [0.29, 0.717) is 0 Å². The van der Waals surface area contributed by atoms with Gasteiger partial charge in [0.05, 0.1) is 20.9 Å². The number of H-pyrrole nitrogens is 1. The van der Waals surface area contributed by atoms with Crippen molar-refractivity contribution in [1.29, 1.82) is 0 Å². The van der Waals surface area contributed by atoms with Gasteiger partial charge in [0.25, 0.3) is 0 Å². The first-order valence-corrected chi connectivity index (χ1v) is 6.34. The number of halogens is 1. The minimum absolute atomic E-state index is 0.802. The number of hydrogen-bond acceptors (Lipinski definition) is 3. The molecule has 0 saturated carbocycles. The van der Waals surface area contributed by atoms with Crippen LogP contribution in [0, 0.1) is 0 Å². The third kappa shape index (κ3) is 1.62. The van der Waals surface area contributed by atoms with Crippen molar-refractivity contribution in [2.45, 2.75) is 0 Å². The number of aromatic nitrogens is 2. The van der Waals surface area contributed by atoms with E-state index in [4.69, 9.17) is 5.73 Å². The number of nitrogens with one attached hydrogen (secondary N) is 1. The van der Waals surface area contributed by atoms with Crippen LogP contribution in [0.3, 0.4) is 0 Å². The van der Waals surface area contributed by atoms with Crippen LogP contribution in [0.1, 0.15) is 0 Å². The van der Waals surface area contributed by atoms with Crippen molar-refractivity contribution in [3.63, 3.8) is 0 Å². The van der Waals surface area contributed by atoms with Gasteiger partial charge in [-0.25, -0.2) is 4.98 Å². The number of imidazole rings is 1. The monoisotopic (exact) mass is 293 g/mol. The maximum Gasteiger partial charge on any atom is 0.148 e. The van der Waals surface area contributed by atoms with E-state index < -0.39 is 0 Å². The first kappa shape index (κ1) is 9.86. The molecular weight excluding hydrogens is 286 g/mol. The highest BCUT2D eigenvalue weighted by Crippen LogP contribution is 2.29. The van der Waals surface area contributed by atoms with Gasteiger partial charge in [-0.15, -0.1) is 11.3 Å². The highest BCUT2D eigenvalue weighted by molar-refractivity contribution is 9.10. The summed E-state index contributed by atoms with van der Waals surface area (Å²) in [6, 6.07) is 9.85. The van der Waals surface area contributed by atoms with Crippen LogP contribution < -0.4 is 5.73 Å². The number of fused-ring (bicyclic) bond motifs is 1. The zero-order chi connectivity index (χ0) is 11.1. The zero-order valence-electron chi connectivity index (χ0n) is 8.20. The van der Waals surface area contributed by atoms with E-state index in [2.05, 4.69) is 25.9 Å². The average Bonchev–Trinajstić information content (AvgIpc) is 2.83. The Morgan fingerprint density at radius 2 is 2.12 bits per heavy atom. The second-order valence-electron chi connectivity index (χ2n) is 3.45. The fourth-order valence-corrected chi connectivity index (χ4v) is 2.66. The van der Waals surface area contributed by atoms with Gasteiger partial charge in [-0.05, 0) is 30.3 Å². The fourth-order valence-electron chi connectivity index (χ4n) is 1.58. The topological polar surface area (TPSA) is 54.7 Å². The number of nitrogens with zero attached hydrogens (tertiary/aromatic N) is 1. The Bertz CT molecular complexity index is 656. The van der Waals surface area contributed by atoms with Crippen LogP contribution in [0.25, 0.3) is 21.7 Å². The summed E-state index contributed by atoms with van der Waals surface area (Å²) < 4.78 is 1.04. The van der Waals surface area contributed by atoms with Crippen molar-refractivity contribution in [2.75, 3.05) is 5.73 Å². The summed E-state index contributed by atoms with van der Waals surface area (Å²) in [5, 5.41) is 0.802. The molecule has 3 rings (SSSR count). The minimum atomic E-state index is 0.802. The normalized spacial score (nSPS) is 11.1. The third-order valence-corrected chi connectivity index (χ3v) is 3.72. The van der Waals surface area contributed by atoms with Gasteiger partial charge in [-0.3, -0.25) is 0 Å². The van der Waals surface area contributed by atoms with Crippen LogP contribution in [-0.2, 0) is 0 Å². The summed E-state index contributed by atoms with van der Waals surface area (Å²) >= 11 is 4.97. The van der Waals surface area contributed by atoms with E-state index in [1.807, 2.05) is 30.3 Å². The van der Waals surface area contributed by atoms with Crippen molar-refractivity contribution in [3.8, 4) is 10.7 Å². The van der Waals surface area contributed by atoms with E-state index in [1.54, 1.807) is 0 Å². The summed E-state index contributed by atoms with van der Waals surface area (Å²) in [5.41, 5.74) is 7.69. The zero-order valence-corrected chi connectivity index (χ0v) is 10.6. The van der Waals surface area contributed by atoms with Crippen LogP contribution in [0.4, 0.5) is 5.00 Å². The average molecular weight is 294 g/mol. The maximum absolute atomic E-state index is 5.70. The number of thiophene rings is 1. The molecule has 0 aliphatic rings. The molecule has 0 amide bonds. The Kier molecular flexibility index (Phi) is 2.22. The van der Waals surface area contributed by atoms with Gasteiger partial charge in [0.1, 0.15) is 5.82 Å². The molecule has 1 aromatic carbocycles. The molecule has 3 nitrogen and oxygen atoms in total. The van der Waals surface area contributed by atoms with Gasteiger partial charge >= 0.3 is 0 Å². The standard InChI is InChI=1S/C11H8BrN3S/c12-6-1-2-7-8(5-6)15-11(14-7)9-3-4-10(13)16-9/h1-5H,13H2,(H,14,15). The van der Waals surface area contributed by atoms with E-state index in [0.717, 1.165) is 31.2 Å². The Balaban J connectivity index is 2.18. The summed E-state index contributed by atoms with van der Waals surface area (Å²) in [6.45, 7) is 0. The lowest BCUT2D eigenvalue weighted by molar-refractivity contribution is 1.36. The summed E-state index contributed by atoms with van der Waals surface area (Å²) in [6.07, 6.45) is 0. The van der Waals surface area contributed by atoms with Crippen molar-refractivity contribution in [2.24, 2.45) is 0 Å². The van der Waals surface area contributed by atoms with E-state index in [-0.39, 0.29) is 0 Å². The lowest BCUT2D eigenvalue weighted by Crippen LogP contribution is -1.74. The first-order chi connectivity index (χ1) is 7.72. The van der Waals surface area contributed by atoms with Crippen molar-refractivity contribution < 1.29 is 0 Å². The number of benzene rings is 1. The molecule has 3 N–H and O–H groups in total. The molecule has 0 bridgehead atoms. The van der Waals surface area contributed by atoms with E-state index in [1.165, 1.54) is 11.3 Å². The summed E-state index contributed by atoms with van der Waals surface area (Å²) in [5.74, 6) is 0.870. The van der Waals surface area contributed by atoms with Crippen LogP contribution in [0.5, 0.6) is 0 Å². The molecule has 0 atom stereocenters. The number of aromatic amines is 1. The molecule has 0 aliphatic heterocycles. The maximum atomic E-state index is 5.70. The van der Waals surface area contributed by atoms with Crippen LogP contribution >= 0.6 is 27.3 Å². The van der Waals surface area contributed by atoms with Crippen molar-refractivity contribution in [3.05, 3.63) is 34.8 Å². The molecule has 16 heavy (non-hydrogen) atoms. The summed E-state index contributed by atoms with van der Waals surface area (Å²) in [7, 11) is 0. The SMILES string of the molecule is Nc1ccc(-c2nc3ccc(Br)cc3[nH]2)s1. The molecule has 0 saturated heterocycles. The number of hydrogen-bond donors (Lipinski definition) is 2. The number of anilines is 1. The molecule has 0 spiro atoms. The summed E-state index contributed by atoms with van der Waals surface area (Å²) in [4.78, 5) is 8.86. The molecule has 5 heteroatoms. The second-order valence-corrected chi connectivity index (χ2v) is 5.48. The number of nitrogen functional groups attached to an aromatic ring is 1. The molecule has 0 aliphatic carbocycles. The highest BCUT2D eigenvalue weighted by atomic mass is 79.9. The lowest BCUT2D eigenvalue weighted by Gasteiger charge is -1.88. The van der Waals surface area contributed by atoms with Gasteiger partial charge in [0.2, 0.25) is 0 Å². The molecule has 0 radical (unpaired) electrons. The fraction of sp³-hybridized carbons (Fsp3) is 0.